The van der Waals surface area contributed by atoms with Crippen LogP contribution in [0, 0.1) is 0 Å². The molecule has 0 bridgehead atoms. The van der Waals surface area contributed by atoms with Gasteiger partial charge in [0.05, 0.1) is 12.4 Å². The molecule has 0 aromatic heterocycles. The third-order valence-electron chi connectivity index (χ3n) is 2.11. The van der Waals surface area contributed by atoms with Crippen molar-refractivity contribution in [3.05, 3.63) is 11.8 Å². The number of hydrogen-bond donors (Lipinski definition) is 0. The van der Waals surface area contributed by atoms with Crippen LogP contribution >= 0.6 is 0 Å². The third kappa shape index (κ3) is 2.86. The Morgan fingerprint density at radius 3 is 2.92 bits per heavy atom. The van der Waals surface area contributed by atoms with Crippen molar-refractivity contribution in [3.8, 4) is 0 Å². The molecule has 1 saturated heterocycles. The summed E-state index contributed by atoms with van der Waals surface area (Å²) >= 11 is 0. The van der Waals surface area contributed by atoms with Gasteiger partial charge in [-0.25, -0.2) is 0 Å². The lowest BCUT2D eigenvalue weighted by Gasteiger charge is -2.12. The third-order valence-corrected chi connectivity index (χ3v) is 2.11. The monoisotopic (exact) mass is 170 g/mol. The highest BCUT2D eigenvalue weighted by Crippen LogP contribution is 2.20. The smallest absolute Gasteiger partial charge is 0.116 e. The number of rotatable bonds is 3. The fourth-order valence-electron chi connectivity index (χ4n) is 1.30. The van der Waals surface area contributed by atoms with Gasteiger partial charge >= 0.3 is 0 Å². The molecule has 0 amide bonds. The Kier molecular flexibility index (Phi) is 3.60. The van der Waals surface area contributed by atoms with Crippen LogP contribution in [-0.2, 0) is 9.47 Å². The summed E-state index contributed by atoms with van der Waals surface area (Å²) in [6.45, 7) is 1.67. The van der Waals surface area contributed by atoms with E-state index >= 15 is 0 Å². The van der Waals surface area contributed by atoms with Gasteiger partial charge in [-0.2, -0.15) is 0 Å². The molecular weight excluding hydrogens is 152 g/mol. The molecule has 0 spiro atoms. The van der Waals surface area contributed by atoms with Crippen LogP contribution in [0.25, 0.3) is 0 Å². The fraction of sp³-hybridized carbons (Fsp3) is 0.800. The van der Waals surface area contributed by atoms with Gasteiger partial charge in [0, 0.05) is 6.42 Å². The number of ether oxygens (including phenoxy) is 2. The molecule has 1 heterocycles. The molecule has 1 atom stereocenters. The molecule has 0 radical (unpaired) electrons. The predicted molar refractivity (Wildman–Crippen MR) is 49.0 cm³/mol. The van der Waals surface area contributed by atoms with Crippen LogP contribution in [0.5, 0.6) is 0 Å². The summed E-state index contributed by atoms with van der Waals surface area (Å²) in [5.74, 6) is 1.19. The highest BCUT2D eigenvalue weighted by molar-refractivity contribution is 4.97. The lowest BCUT2D eigenvalue weighted by Crippen LogP contribution is -2.03. The van der Waals surface area contributed by atoms with Gasteiger partial charge in [-0.15, -0.1) is 0 Å². The van der Waals surface area contributed by atoms with Crippen LogP contribution in [0.4, 0.5) is 0 Å². The topological polar surface area (TPSA) is 21.8 Å². The minimum absolute atomic E-state index is 0. The highest BCUT2D eigenvalue weighted by atomic mass is 16.6. The van der Waals surface area contributed by atoms with Crippen molar-refractivity contribution in [2.75, 3.05) is 13.2 Å². The Bertz CT molecular complexity index is 159. The highest BCUT2D eigenvalue weighted by Gasteiger charge is 2.23. The van der Waals surface area contributed by atoms with Gasteiger partial charge in [-0.05, 0) is 25.3 Å². The summed E-state index contributed by atoms with van der Waals surface area (Å²) in [5, 5.41) is 0. The maximum atomic E-state index is 5.54. The van der Waals surface area contributed by atoms with E-state index in [1.165, 1.54) is 25.0 Å². The Morgan fingerprint density at radius 1 is 1.50 bits per heavy atom. The minimum Gasteiger partial charge on any atom is -0.495 e. The maximum Gasteiger partial charge on any atom is 0.116 e. The molecule has 2 aliphatic rings. The molecule has 0 saturated carbocycles. The second kappa shape index (κ2) is 4.51. The molecule has 0 aromatic carbocycles. The van der Waals surface area contributed by atoms with E-state index in [9.17, 15) is 0 Å². The summed E-state index contributed by atoms with van der Waals surface area (Å²) in [4.78, 5) is 0. The van der Waals surface area contributed by atoms with Gasteiger partial charge in [-0.1, -0.05) is 7.43 Å². The zero-order valence-electron chi connectivity index (χ0n) is 6.71. The molecular formula is C10H18O2. The van der Waals surface area contributed by atoms with Gasteiger partial charge < -0.3 is 9.47 Å². The molecule has 2 heteroatoms. The lowest BCUT2D eigenvalue weighted by molar-refractivity contribution is 0.170. The second-order valence-electron chi connectivity index (χ2n) is 3.18. The molecule has 1 aliphatic carbocycles. The van der Waals surface area contributed by atoms with E-state index in [0.717, 1.165) is 19.6 Å². The predicted octanol–water partition coefficient (Wildman–Crippen LogP) is 2.50. The van der Waals surface area contributed by atoms with Gasteiger partial charge in [-0.3, -0.25) is 0 Å². The van der Waals surface area contributed by atoms with E-state index in [1.54, 1.807) is 0 Å². The summed E-state index contributed by atoms with van der Waals surface area (Å²) in [7, 11) is 0. The Hall–Kier alpha value is -0.500. The zero-order chi connectivity index (χ0) is 7.52. The van der Waals surface area contributed by atoms with Crippen LogP contribution < -0.4 is 0 Å². The average molecular weight is 170 g/mol. The maximum absolute atomic E-state index is 5.54. The molecule has 70 valence electrons. The largest absolute Gasteiger partial charge is 0.495 e. The average Bonchev–Trinajstić information content (AvgIpc) is 2.86. The van der Waals surface area contributed by atoms with Crippen molar-refractivity contribution in [2.45, 2.75) is 39.2 Å². The van der Waals surface area contributed by atoms with Crippen molar-refractivity contribution in [2.24, 2.45) is 0 Å². The standard InChI is InChI=1S/C9H14O2.CH4/c1-2-4-8(5-3-1)10-6-9-7-11-9;/h4,9H,1-3,5-7H2;1H4. The first-order chi connectivity index (χ1) is 5.45. The van der Waals surface area contributed by atoms with E-state index in [0.29, 0.717) is 6.10 Å². The quantitative estimate of drug-likeness (QED) is 0.607. The van der Waals surface area contributed by atoms with Crippen molar-refractivity contribution in [1.82, 2.24) is 0 Å². The van der Waals surface area contributed by atoms with E-state index in [1.807, 2.05) is 0 Å². The molecule has 0 N–H and O–H groups in total. The van der Waals surface area contributed by atoms with Gasteiger partial charge in [0.25, 0.3) is 0 Å². The van der Waals surface area contributed by atoms with Gasteiger partial charge in [0.1, 0.15) is 12.7 Å². The SMILES string of the molecule is C.C1=C(OCC2CO2)CCCC1. The Labute approximate surface area is 74.6 Å². The van der Waals surface area contributed by atoms with Gasteiger partial charge in [0.2, 0.25) is 0 Å². The molecule has 12 heavy (non-hydrogen) atoms. The number of epoxide rings is 1. The number of allylic oxidation sites excluding steroid dienone is 2. The molecule has 1 aliphatic heterocycles. The van der Waals surface area contributed by atoms with Crippen LogP contribution in [0.2, 0.25) is 0 Å². The molecule has 2 rings (SSSR count). The van der Waals surface area contributed by atoms with Crippen LogP contribution in [0.1, 0.15) is 33.1 Å². The summed E-state index contributed by atoms with van der Waals surface area (Å²) < 4.78 is 10.6. The first-order valence-electron chi connectivity index (χ1n) is 4.38. The molecule has 1 fully saturated rings. The zero-order valence-corrected chi connectivity index (χ0v) is 6.71. The van der Waals surface area contributed by atoms with Crippen molar-refractivity contribution in [1.29, 1.82) is 0 Å². The van der Waals surface area contributed by atoms with E-state index in [4.69, 9.17) is 9.47 Å². The number of hydrogen-bond acceptors (Lipinski definition) is 2. The Balaban J connectivity index is 0.000000720. The minimum atomic E-state index is 0. The van der Waals surface area contributed by atoms with E-state index < -0.39 is 0 Å². The van der Waals surface area contributed by atoms with E-state index in [2.05, 4.69) is 6.08 Å². The van der Waals surface area contributed by atoms with Crippen LogP contribution in [-0.4, -0.2) is 19.3 Å². The molecule has 0 aromatic rings. The Morgan fingerprint density at radius 2 is 2.33 bits per heavy atom. The normalized spacial score (nSPS) is 27.0. The van der Waals surface area contributed by atoms with Crippen LogP contribution in [0.15, 0.2) is 11.8 Å². The summed E-state index contributed by atoms with van der Waals surface area (Å²) in [6, 6.07) is 0. The molecule has 2 nitrogen and oxygen atoms in total. The first kappa shape index (κ1) is 9.59. The van der Waals surface area contributed by atoms with Gasteiger partial charge in [0.15, 0.2) is 0 Å². The van der Waals surface area contributed by atoms with Crippen molar-refractivity contribution >= 4 is 0 Å². The van der Waals surface area contributed by atoms with Crippen molar-refractivity contribution < 1.29 is 9.47 Å². The summed E-state index contributed by atoms with van der Waals surface area (Å²) in [6.07, 6.45) is 7.56. The summed E-state index contributed by atoms with van der Waals surface area (Å²) in [5.41, 5.74) is 0. The second-order valence-corrected chi connectivity index (χ2v) is 3.18. The van der Waals surface area contributed by atoms with Crippen LogP contribution in [0.3, 0.4) is 0 Å². The van der Waals surface area contributed by atoms with E-state index in [-0.39, 0.29) is 7.43 Å². The fourth-order valence-corrected chi connectivity index (χ4v) is 1.30. The first-order valence-corrected chi connectivity index (χ1v) is 4.38. The molecule has 1 unspecified atom stereocenters. The lowest BCUT2D eigenvalue weighted by atomic mass is 10.1. The van der Waals surface area contributed by atoms with Crippen molar-refractivity contribution in [3.63, 3.8) is 0 Å².